The number of nitrogens with one attached hydrogen (secondary N) is 1. The molecule has 5 rings (SSSR count). The van der Waals surface area contributed by atoms with Crippen molar-refractivity contribution in [1.29, 1.82) is 0 Å². The fraction of sp³-hybridized carbons (Fsp3) is 0.444. The molecular formula is C36H41BrClN3O7. The normalized spacial score (nSPS) is 27.5. The number of hydrogen-bond acceptors (Lipinski definition) is 7. The van der Waals surface area contributed by atoms with Gasteiger partial charge in [0, 0.05) is 17.8 Å². The Morgan fingerprint density at radius 2 is 1.85 bits per heavy atom. The number of carbonyl (C=O) groups is 4. The van der Waals surface area contributed by atoms with Crippen LogP contribution in [0.5, 0.6) is 0 Å². The highest BCUT2D eigenvalue weighted by Gasteiger charge is 2.77. The molecule has 9 atom stereocenters. The highest BCUT2D eigenvalue weighted by Crippen LogP contribution is 2.61. The molecule has 0 radical (unpaired) electrons. The SMILES string of the molecule is C=CCCC(=O)N[C@@H](C)[C@H](OC(=O)[C@H]1[C@@H]2O[C@@]3(CC2Br)[C@@H]1C(=O)N([C@H](C)CO)[C@@H]3C(=O)N(CC=C)c1ccccc1Cl)c1ccccc1. The van der Waals surface area contributed by atoms with Gasteiger partial charge in [0.15, 0.2) is 0 Å². The van der Waals surface area contributed by atoms with Crippen LogP contribution in [-0.2, 0) is 28.7 Å². The third kappa shape index (κ3) is 6.45. The fourth-order valence-corrected chi connectivity index (χ4v) is 8.55. The Bertz CT molecular complexity index is 1560. The molecule has 3 aliphatic heterocycles. The van der Waals surface area contributed by atoms with Crippen molar-refractivity contribution in [3.05, 3.63) is 90.5 Å². The Morgan fingerprint density at radius 1 is 1.17 bits per heavy atom. The average molecular weight is 743 g/mol. The van der Waals surface area contributed by atoms with E-state index in [0.29, 0.717) is 22.7 Å². The van der Waals surface area contributed by atoms with E-state index in [1.807, 2.05) is 18.2 Å². The largest absolute Gasteiger partial charge is 0.455 e. The molecule has 2 aromatic rings. The van der Waals surface area contributed by atoms with E-state index >= 15 is 0 Å². The van der Waals surface area contributed by atoms with Crippen molar-refractivity contribution in [1.82, 2.24) is 10.2 Å². The second-order valence-electron chi connectivity index (χ2n) is 12.6. The van der Waals surface area contributed by atoms with Crippen molar-refractivity contribution in [2.24, 2.45) is 11.8 Å². The standard InChI is InChI=1S/C36H41BrClN3O7/c1-5-7-17-27(43)39-22(4)30(23-13-9-8-10-14-23)47-35(46)28-29-33(44)41(21(3)20-42)32(36(29)19-24(37)31(28)48-36)34(45)40(18-6-2)26-16-12-11-15-25(26)38/h5-6,8-16,21-22,24,28-32,42H,1-2,7,17-20H2,3-4H3,(H,39,43)/t21-,22+,24?,28-,29+,30+,31-,32-,36+/m1/s1. The van der Waals surface area contributed by atoms with Gasteiger partial charge in [-0.05, 0) is 44.4 Å². The van der Waals surface area contributed by atoms with Gasteiger partial charge in [-0.15, -0.1) is 13.2 Å². The van der Waals surface area contributed by atoms with Gasteiger partial charge in [0.1, 0.15) is 17.7 Å². The molecule has 0 saturated carbocycles. The second-order valence-corrected chi connectivity index (χ2v) is 14.2. The highest BCUT2D eigenvalue weighted by molar-refractivity contribution is 9.09. The number of allylic oxidation sites excluding steroid dienone is 1. The second kappa shape index (κ2) is 14.9. The van der Waals surface area contributed by atoms with E-state index in [9.17, 15) is 24.3 Å². The van der Waals surface area contributed by atoms with Crippen LogP contribution in [0.1, 0.15) is 44.8 Å². The van der Waals surface area contributed by atoms with Crippen LogP contribution in [0.3, 0.4) is 0 Å². The van der Waals surface area contributed by atoms with Crippen molar-refractivity contribution in [2.75, 3.05) is 18.1 Å². The Kier molecular flexibility index (Phi) is 11.1. The smallest absolute Gasteiger partial charge is 0.313 e. The molecule has 3 aliphatic rings. The summed E-state index contributed by atoms with van der Waals surface area (Å²) in [5, 5.41) is 13.5. The predicted octanol–water partition coefficient (Wildman–Crippen LogP) is 4.74. The number of benzene rings is 2. The van der Waals surface area contributed by atoms with E-state index in [1.54, 1.807) is 62.4 Å². The van der Waals surface area contributed by atoms with Gasteiger partial charge < -0.3 is 29.7 Å². The first kappa shape index (κ1) is 35.8. The number of fused-ring (bicyclic) bond motifs is 1. The number of nitrogens with zero attached hydrogens (tertiary/aromatic N) is 2. The molecule has 0 aliphatic carbocycles. The summed E-state index contributed by atoms with van der Waals surface area (Å²) in [6.45, 7) is 10.6. The lowest BCUT2D eigenvalue weighted by atomic mass is 9.70. The third-order valence-electron chi connectivity index (χ3n) is 9.48. The van der Waals surface area contributed by atoms with Gasteiger partial charge >= 0.3 is 5.97 Å². The Hall–Kier alpha value is -3.51. The first-order chi connectivity index (χ1) is 23.0. The van der Waals surface area contributed by atoms with Crippen molar-refractivity contribution < 1.29 is 33.8 Å². The number of halogens is 2. The van der Waals surface area contributed by atoms with Gasteiger partial charge in [0.05, 0.1) is 47.3 Å². The number of likely N-dealkylation sites (tertiary alicyclic amines) is 1. The zero-order chi connectivity index (χ0) is 34.7. The number of ether oxygens (including phenoxy) is 2. The van der Waals surface area contributed by atoms with Crippen LogP contribution in [0, 0.1) is 11.8 Å². The number of anilines is 1. The monoisotopic (exact) mass is 741 g/mol. The first-order valence-corrected chi connectivity index (χ1v) is 17.4. The van der Waals surface area contributed by atoms with Gasteiger partial charge in [-0.25, -0.2) is 0 Å². The number of esters is 1. The van der Waals surface area contributed by atoms with E-state index < -0.39 is 72.2 Å². The number of carbonyl (C=O) groups excluding carboxylic acids is 4. The molecule has 3 fully saturated rings. The molecular weight excluding hydrogens is 702 g/mol. The number of rotatable bonds is 14. The minimum Gasteiger partial charge on any atom is -0.455 e. The lowest BCUT2D eigenvalue weighted by Gasteiger charge is -2.38. The number of amides is 3. The van der Waals surface area contributed by atoms with Crippen LogP contribution in [-0.4, -0.2) is 81.5 Å². The zero-order valence-electron chi connectivity index (χ0n) is 27.0. The predicted molar refractivity (Wildman–Crippen MR) is 185 cm³/mol. The van der Waals surface area contributed by atoms with Gasteiger partial charge in [-0.2, -0.15) is 0 Å². The molecule has 2 bridgehead atoms. The van der Waals surface area contributed by atoms with Crippen molar-refractivity contribution >= 4 is 56.9 Å². The molecule has 10 nitrogen and oxygen atoms in total. The van der Waals surface area contributed by atoms with Crippen molar-refractivity contribution in [3.8, 4) is 0 Å². The quantitative estimate of drug-likeness (QED) is 0.163. The summed E-state index contributed by atoms with van der Waals surface area (Å²) in [5.41, 5.74) is -0.299. The number of aliphatic hydroxyl groups is 1. The highest BCUT2D eigenvalue weighted by atomic mass is 79.9. The fourth-order valence-electron chi connectivity index (χ4n) is 7.37. The Labute approximate surface area is 294 Å². The van der Waals surface area contributed by atoms with Crippen LogP contribution in [0.2, 0.25) is 5.02 Å². The lowest BCUT2D eigenvalue weighted by molar-refractivity contribution is -0.162. The zero-order valence-corrected chi connectivity index (χ0v) is 29.3. The van der Waals surface area contributed by atoms with Gasteiger partial charge in [-0.1, -0.05) is 82.1 Å². The van der Waals surface area contributed by atoms with Crippen molar-refractivity contribution in [2.45, 2.75) is 73.9 Å². The summed E-state index contributed by atoms with van der Waals surface area (Å²) < 4.78 is 12.8. The van der Waals surface area contributed by atoms with E-state index in [0.717, 1.165) is 0 Å². The minimum atomic E-state index is -1.40. The molecule has 3 amide bonds. The van der Waals surface area contributed by atoms with Crippen LogP contribution in [0.25, 0.3) is 0 Å². The third-order valence-corrected chi connectivity index (χ3v) is 10.6. The van der Waals surface area contributed by atoms with E-state index in [4.69, 9.17) is 21.1 Å². The van der Waals surface area contributed by atoms with Crippen LogP contribution >= 0.6 is 27.5 Å². The summed E-state index contributed by atoms with van der Waals surface area (Å²) >= 11 is 10.2. The number of alkyl halides is 1. The molecule has 1 spiro atoms. The molecule has 256 valence electrons. The molecule has 48 heavy (non-hydrogen) atoms. The lowest BCUT2D eigenvalue weighted by Crippen LogP contribution is -2.58. The minimum absolute atomic E-state index is 0.0944. The first-order valence-electron chi connectivity index (χ1n) is 16.1. The molecule has 2 aromatic carbocycles. The molecule has 2 N–H and O–H groups in total. The molecule has 12 heteroatoms. The molecule has 1 unspecified atom stereocenters. The van der Waals surface area contributed by atoms with Gasteiger partial charge in [0.2, 0.25) is 11.8 Å². The summed E-state index contributed by atoms with van der Waals surface area (Å²) in [6, 6.07) is 13.4. The number of para-hydroxylation sites is 1. The Balaban J connectivity index is 1.52. The maximum absolute atomic E-state index is 14.7. The van der Waals surface area contributed by atoms with Gasteiger partial charge in [0.25, 0.3) is 5.91 Å². The summed E-state index contributed by atoms with van der Waals surface area (Å²) in [4.78, 5) is 58.6. The number of aliphatic hydroxyl groups excluding tert-OH is 1. The molecule has 0 aromatic heterocycles. The summed E-state index contributed by atoms with van der Waals surface area (Å²) in [6.07, 6.45) is 2.58. The van der Waals surface area contributed by atoms with Gasteiger partial charge in [-0.3, -0.25) is 19.2 Å². The Morgan fingerprint density at radius 3 is 2.50 bits per heavy atom. The van der Waals surface area contributed by atoms with Crippen molar-refractivity contribution in [3.63, 3.8) is 0 Å². The number of hydrogen-bond donors (Lipinski definition) is 2. The maximum atomic E-state index is 14.7. The topological polar surface area (TPSA) is 125 Å². The molecule has 3 saturated heterocycles. The summed E-state index contributed by atoms with van der Waals surface area (Å²) in [7, 11) is 0. The summed E-state index contributed by atoms with van der Waals surface area (Å²) in [5.74, 6) is -3.96. The van der Waals surface area contributed by atoms with Crippen LogP contribution in [0.4, 0.5) is 5.69 Å². The van der Waals surface area contributed by atoms with E-state index in [-0.39, 0.29) is 30.1 Å². The van der Waals surface area contributed by atoms with Crippen LogP contribution in [0.15, 0.2) is 79.9 Å². The van der Waals surface area contributed by atoms with E-state index in [2.05, 4.69) is 34.4 Å². The maximum Gasteiger partial charge on any atom is 0.313 e. The molecule has 3 heterocycles. The average Bonchev–Trinajstić information content (AvgIpc) is 3.68. The van der Waals surface area contributed by atoms with E-state index in [1.165, 1.54) is 9.80 Å². The van der Waals surface area contributed by atoms with Crippen LogP contribution < -0.4 is 10.2 Å².